The van der Waals surface area contributed by atoms with Crippen LogP contribution in [0.2, 0.25) is 0 Å². The molecular weight excluding hydrogens is 240 g/mol. The summed E-state index contributed by atoms with van der Waals surface area (Å²) in [5.74, 6) is 0.394. The minimum absolute atomic E-state index is 0.00444. The van der Waals surface area contributed by atoms with E-state index >= 15 is 0 Å². The molecule has 0 radical (unpaired) electrons. The fourth-order valence-corrected chi connectivity index (χ4v) is 3.17. The van der Waals surface area contributed by atoms with Crippen molar-refractivity contribution in [3.05, 3.63) is 0 Å². The second-order valence-corrected chi connectivity index (χ2v) is 7.54. The quantitative estimate of drug-likeness (QED) is 0.830. The molecule has 1 aliphatic carbocycles. The molecule has 2 aliphatic rings. The highest BCUT2D eigenvalue weighted by atomic mass is 16.2. The van der Waals surface area contributed by atoms with Gasteiger partial charge in [0.05, 0.1) is 0 Å². The molecule has 0 bridgehead atoms. The van der Waals surface area contributed by atoms with E-state index < -0.39 is 5.54 Å². The van der Waals surface area contributed by atoms with Crippen LogP contribution in [0.4, 0.5) is 0 Å². The number of carbonyl (C=O) groups excluding carboxylic acids is 2. The zero-order valence-corrected chi connectivity index (χ0v) is 12.9. The summed E-state index contributed by atoms with van der Waals surface area (Å²) in [6, 6.07) is -0.340. The van der Waals surface area contributed by atoms with Crippen molar-refractivity contribution in [2.24, 2.45) is 11.3 Å². The van der Waals surface area contributed by atoms with Crippen molar-refractivity contribution in [3.8, 4) is 0 Å². The molecule has 2 unspecified atom stereocenters. The number of nitrogens with zero attached hydrogens (tertiary/aromatic N) is 1. The highest BCUT2D eigenvalue weighted by molar-refractivity contribution is 6.00. The van der Waals surface area contributed by atoms with Crippen LogP contribution in [0.5, 0.6) is 0 Å². The molecular formula is C15H26N2O2. The number of amides is 2. The average molecular weight is 266 g/mol. The van der Waals surface area contributed by atoms with E-state index in [2.05, 4.69) is 5.32 Å². The summed E-state index contributed by atoms with van der Waals surface area (Å²) in [7, 11) is 0. The first-order valence-corrected chi connectivity index (χ1v) is 7.24. The van der Waals surface area contributed by atoms with Gasteiger partial charge in [-0.25, -0.2) is 0 Å². The highest BCUT2D eigenvalue weighted by Crippen LogP contribution is 2.44. The maximum absolute atomic E-state index is 12.9. The van der Waals surface area contributed by atoms with E-state index in [9.17, 15) is 9.59 Å². The topological polar surface area (TPSA) is 49.4 Å². The van der Waals surface area contributed by atoms with E-state index in [-0.39, 0.29) is 29.3 Å². The number of piperazine rings is 1. The summed E-state index contributed by atoms with van der Waals surface area (Å²) in [4.78, 5) is 27.2. The van der Waals surface area contributed by atoms with Crippen LogP contribution in [0.25, 0.3) is 0 Å². The van der Waals surface area contributed by atoms with Crippen molar-refractivity contribution in [3.63, 3.8) is 0 Å². The molecule has 0 aromatic carbocycles. The minimum atomic E-state index is -0.691. The largest absolute Gasteiger partial charge is 0.340 e. The lowest BCUT2D eigenvalue weighted by Crippen LogP contribution is -2.73. The summed E-state index contributed by atoms with van der Waals surface area (Å²) in [6.45, 7) is 11.9. The molecule has 2 fully saturated rings. The fourth-order valence-electron chi connectivity index (χ4n) is 3.17. The lowest BCUT2D eigenvalue weighted by Gasteiger charge is -2.50. The van der Waals surface area contributed by atoms with E-state index in [1.165, 1.54) is 0 Å². The Hall–Kier alpha value is -1.06. The van der Waals surface area contributed by atoms with Crippen molar-refractivity contribution >= 4 is 11.8 Å². The van der Waals surface area contributed by atoms with Gasteiger partial charge in [-0.15, -0.1) is 0 Å². The smallest absolute Gasteiger partial charge is 0.249 e. The van der Waals surface area contributed by atoms with Crippen LogP contribution >= 0.6 is 0 Å². The predicted octanol–water partition coefficient (Wildman–Crippen LogP) is 1.94. The Morgan fingerprint density at radius 3 is 2.16 bits per heavy atom. The van der Waals surface area contributed by atoms with Crippen molar-refractivity contribution in [1.29, 1.82) is 0 Å². The maximum atomic E-state index is 12.9. The highest BCUT2D eigenvalue weighted by Gasteiger charge is 2.57. The third-order valence-corrected chi connectivity index (χ3v) is 4.36. The maximum Gasteiger partial charge on any atom is 0.249 e. The van der Waals surface area contributed by atoms with Crippen LogP contribution in [0, 0.1) is 11.3 Å². The van der Waals surface area contributed by atoms with Gasteiger partial charge >= 0.3 is 0 Å². The van der Waals surface area contributed by atoms with Crippen LogP contribution in [0.3, 0.4) is 0 Å². The van der Waals surface area contributed by atoms with Crippen molar-refractivity contribution in [2.45, 2.75) is 72.0 Å². The number of rotatable bonds is 2. The molecule has 1 N–H and O–H groups in total. The van der Waals surface area contributed by atoms with E-state index in [1.54, 1.807) is 4.90 Å². The minimum Gasteiger partial charge on any atom is -0.340 e. The summed E-state index contributed by atoms with van der Waals surface area (Å²) < 4.78 is 0. The van der Waals surface area contributed by atoms with Gasteiger partial charge < -0.3 is 10.2 Å². The monoisotopic (exact) mass is 266 g/mol. The second-order valence-electron chi connectivity index (χ2n) is 7.54. The summed E-state index contributed by atoms with van der Waals surface area (Å²) >= 11 is 0. The van der Waals surface area contributed by atoms with Gasteiger partial charge in [-0.1, -0.05) is 20.8 Å². The van der Waals surface area contributed by atoms with Gasteiger partial charge in [0.25, 0.3) is 0 Å². The van der Waals surface area contributed by atoms with Gasteiger partial charge in [-0.2, -0.15) is 0 Å². The zero-order valence-electron chi connectivity index (χ0n) is 12.9. The van der Waals surface area contributed by atoms with E-state index in [1.807, 2.05) is 41.5 Å². The Morgan fingerprint density at radius 2 is 1.79 bits per heavy atom. The van der Waals surface area contributed by atoms with Crippen LogP contribution in [-0.2, 0) is 9.59 Å². The number of hydrogen-bond acceptors (Lipinski definition) is 2. The van der Waals surface area contributed by atoms with Crippen molar-refractivity contribution in [1.82, 2.24) is 10.2 Å². The molecule has 1 aliphatic heterocycles. The molecule has 1 heterocycles. The lowest BCUT2D eigenvalue weighted by atomic mass is 9.79. The summed E-state index contributed by atoms with van der Waals surface area (Å²) in [5, 5.41) is 3.02. The lowest BCUT2D eigenvalue weighted by molar-refractivity contribution is -0.162. The standard InChI is InChI=1S/C15H26N2O2/c1-9(2)17-11(14(3,4)5)12(18)16-15(6,13(17)19)10-7-8-10/h9-11H,7-8H2,1-6H3,(H,16,18). The SMILES string of the molecule is CC(C)N1C(=O)C(C)(C2CC2)NC(=O)C1C(C)(C)C. The van der Waals surface area contributed by atoms with Crippen molar-refractivity contribution < 1.29 is 9.59 Å². The third kappa shape index (κ3) is 2.26. The van der Waals surface area contributed by atoms with Gasteiger partial charge in [0.2, 0.25) is 11.8 Å². The first kappa shape index (κ1) is 14.4. The third-order valence-electron chi connectivity index (χ3n) is 4.36. The van der Waals surface area contributed by atoms with Gasteiger partial charge in [0, 0.05) is 6.04 Å². The summed E-state index contributed by atoms with van der Waals surface area (Å²) in [6.07, 6.45) is 2.07. The molecule has 2 atom stereocenters. The second kappa shape index (κ2) is 4.22. The zero-order chi connectivity index (χ0) is 14.6. The van der Waals surface area contributed by atoms with E-state index in [0.717, 1.165) is 12.8 Å². The van der Waals surface area contributed by atoms with E-state index in [0.29, 0.717) is 5.92 Å². The Morgan fingerprint density at radius 1 is 1.26 bits per heavy atom. The fraction of sp³-hybridized carbons (Fsp3) is 0.867. The molecule has 1 saturated heterocycles. The Labute approximate surface area is 115 Å². The molecule has 2 amide bonds. The van der Waals surface area contributed by atoms with Gasteiger partial charge in [-0.05, 0) is 44.9 Å². The van der Waals surface area contributed by atoms with Gasteiger partial charge in [-0.3, -0.25) is 9.59 Å². The molecule has 4 nitrogen and oxygen atoms in total. The average Bonchev–Trinajstić information content (AvgIpc) is 3.04. The summed E-state index contributed by atoms with van der Waals surface area (Å²) in [5.41, 5.74) is -0.946. The molecule has 19 heavy (non-hydrogen) atoms. The Balaban J connectivity index is 2.40. The van der Waals surface area contributed by atoms with E-state index in [4.69, 9.17) is 0 Å². The normalized spacial score (nSPS) is 32.8. The molecule has 108 valence electrons. The molecule has 1 saturated carbocycles. The van der Waals surface area contributed by atoms with Crippen LogP contribution < -0.4 is 5.32 Å². The molecule has 0 aromatic heterocycles. The predicted molar refractivity (Wildman–Crippen MR) is 74.5 cm³/mol. The first-order valence-electron chi connectivity index (χ1n) is 7.24. The first-order chi connectivity index (χ1) is 8.59. The Kier molecular flexibility index (Phi) is 3.19. The Bertz CT molecular complexity index is 407. The number of nitrogens with one attached hydrogen (secondary N) is 1. The number of hydrogen-bond donors (Lipinski definition) is 1. The van der Waals surface area contributed by atoms with Gasteiger partial charge in [0.15, 0.2) is 0 Å². The molecule has 0 aromatic rings. The van der Waals surface area contributed by atoms with Crippen LogP contribution in [-0.4, -0.2) is 34.3 Å². The molecule has 2 rings (SSSR count). The molecule has 4 heteroatoms. The van der Waals surface area contributed by atoms with Crippen LogP contribution in [0.1, 0.15) is 54.4 Å². The van der Waals surface area contributed by atoms with Crippen LogP contribution in [0.15, 0.2) is 0 Å². The van der Waals surface area contributed by atoms with Gasteiger partial charge in [0.1, 0.15) is 11.6 Å². The number of carbonyl (C=O) groups is 2. The molecule has 0 spiro atoms. The van der Waals surface area contributed by atoms with Crippen molar-refractivity contribution in [2.75, 3.05) is 0 Å².